The molecule has 3 aromatic rings. The molecule has 0 saturated carbocycles. The van der Waals surface area contributed by atoms with Gasteiger partial charge in [0.05, 0.1) is 41.3 Å². The van der Waals surface area contributed by atoms with Crippen LogP contribution in [0.25, 0.3) is 22.1 Å². The Morgan fingerprint density at radius 2 is 0.920 bits per heavy atom. The minimum atomic E-state index is -0.437. The van der Waals surface area contributed by atoms with E-state index in [0.29, 0.717) is 46.0 Å². The molecule has 0 radical (unpaired) electrons. The number of methoxy groups -OCH3 is 4. The van der Waals surface area contributed by atoms with Gasteiger partial charge in [-0.15, -0.1) is 0 Å². The third-order valence-electron chi connectivity index (χ3n) is 9.62. The first-order chi connectivity index (χ1) is 23.7. The van der Waals surface area contributed by atoms with Crippen molar-refractivity contribution in [2.24, 2.45) is 0 Å². The number of aromatic amines is 2. The monoisotopic (exact) mass is 686 g/mol. The predicted molar refractivity (Wildman–Crippen MR) is 187 cm³/mol. The van der Waals surface area contributed by atoms with E-state index in [1.165, 1.54) is 28.4 Å². The van der Waals surface area contributed by atoms with Crippen LogP contribution in [0.2, 0.25) is 0 Å². The average molecular weight is 687 g/mol. The summed E-state index contributed by atoms with van der Waals surface area (Å²) in [5, 5.41) is 0. The van der Waals surface area contributed by atoms with Gasteiger partial charge in [-0.3, -0.25) is 29.1 Å². The van der Waals surface area contributed by atoms with Gasteiger partial charge < -0.3 is 28.9 Å². The number of nitrogens with one attached hydrogen (secondary N) is 2. The van der Waals surface area contributed by atoms with E-state index in [-0.39, 0.29) is 49.4 Å². The standard InChI is InChI=1S/C38H46N4O8/c1-37(2)19-21-13-22-20-38(3,4)32(40-22)18-30-26(15-36(46)50-8)24(10-12-34(44)48-6)28(42-30)16-27-23(9-11-33(43)47-5)25(14-35(45)49-7)29(41-27)17-31(37)39-21/h13,16-18,41-42H,9-12,14-15,19-20H2,1-8H3. The fourth-order valence-corrected chi connectivity index (χ4v) is 6.81. The van der Waals surface area contributed by atoms with Gasteiger partial charge in [0.15, 0.2) is 0 Å². The lowest BCUT2D eigenvalue weighted by Gasteiger charge is -2.16. The largest absolute Gasteiger partial charge is 0.469 e. The Morgan fingerprint density at radius 1 is 0.560 bits per heavy atom. The van der Waals surface area contributed by atoms with Crippen LogP contribution in [0, 0.1) is 0 Å². The summed E-state index contributed by atoms with van der Waals surface area (Å²) in [5.41, 5.74) is 8.30. The summed E-state index contributed by atoms with van der Waals surface area (Å²) in [6.07, 6.45) is 1.99. The third-order valence-corrected chi connectivity index (χ3v) is 9.62. The summed E-state index contributed by atoms with van der Waals surface area (Å²) in [6, 6.07) is 7.89. The molecule has 2 aliphatic heterocycles. The second-order valence-electron chi connectivity index (χ2n) is 14.2. The van der Waals surface area contributed by atoms with E-state index in [1.807, 2.05) is 18.2 Å². The van der Waals surface area contributed by atoms with Crippen LogP contribution in [0.4, 0.5) is 0 Å². The van der Waals surface area contributed by atoms with E-state index in [9.17, 15) is 19.2 Å². The number of rotatable bonds is 10. The Balaban J connectivity index is 1.97. The van der Waals surface area contributed by atoms with Crippen molar-refractivity contribution in [1.29, 1.82) is 0 Å². The molecule has 5 rings (SSSR count). The summed E-state index contributed by atoms with van der Waals surface area (Å²) in [6.45, 7) is 8.53. The van der Waals surface area contributed by atoms with Crippen LogP contribution in [-0.4, -0.2) is 72.3 Å². The first-order valence-corrected chi connectivity index (χ1v) is 16.7. The predicted octanol–water partition coefficient (Wildman–Crippen LogP) is 5.00. The summed E-state index contributed by atoms with van der Waals surface area (Å²) in [5.74, 6) is -1.66. The van der Waals surface area contributed by atoms with Crippen LogP contribution >= 0.6 is 0 Å². The number of carbonyl (C=O) groups is 4. The molecule has 0 spiro atoms. The second-order valence-corrected chi connectivity index (χ2v) is 14.2. The van der Waals surface area contributed by atoms with Crippen LogP contribution in [-0.2, 0) is 87.5 Å². The molecule has 2 aliphatic rings. The van der Waals surface area contributed by atoms with Crippen LogP contribution in [0.5, 0.6) is 0 Å². The van der Waals surface area contributed by atoms with Crippen molar-refractivity contribution in [1.82, 2.24) is 19.9 Å². The zero-order valence-corrected chi connectivity index (χ0v) is 30.1. The Bertz CT molecular complexity index is 1860. The number of aromatic nitrogens is 4. The van der Waals surface area contributed by atoms with E-state index in [1.54, 1.807) is 0 Å². The number of carbonyl (C=O) groups excluding carboxylic acids is 4. The average Bonchev–Trinajstić information content (AvgIpc) is 3.74. The van der Waals surface area contributed by atoms with Crippen molar-refractivity contribution in [3.63, 3.8) is 0 Å². The normalized spacial score (nSPS) is 14.6. The van der Waals surface area contributed by atoms with E-state index >= 15 is 0 Å². The summed E-state index contributed by atoms with van der Waals surface area (Å²) >= 11 is 0. The number of hydrogen-bond donors (Lipinski definition) is 2. The number of H-pyrrole nitrogens is 2. The summed E-state index contributed by atoms with van der Waals surface area (Å²) < 4.78 is 20.1. The van der Waals surface area contributed by atoms with Crippen molar-refractivity contribution < 1.29 is 38.1 Å². The molecule has 0 amide bonds. The molecule has 12 heteroatoms. The van der Waals surface area contributed by atoms with Crippen LogP contribution < -0.4 is 0 Å². The molecule has 12 nitrogen and oxygen atoms in total. The highest BCUT2D eigenvalue weighted by Gasteiger charge is 2.32. The maximum atomic E-state index is 12.8. The van der Waals surface area contributed by atoms with Crippen LogP contribution in [0.3, 0.4) is 0 Å². The van der Waals surface area contributed by atoms with Crippen molar-refractivity contribution in [2.75, 3.05) is 28.4 Å². The van der Waals surface area contributed by atoms with Gasteiger partial charge in [0.25, 0.3) is 0 Å². The van der Waals surface area contributed by atoms with E-state index in [2.05, 4.69) is 43.7 Å². The number of nitrogens with zero attached hydrogens (tertiary/aromatic N) is 2. The lowest BCUT2D eigenvalue weighted by Crippen LogP contribution is -2.15. The quantitative estimate of drug-likeness (QED) is 0.219. The molecule has 266 valence electrons. The highest BCUT2D eigenvalue weighted by Crippen LogP contribution is 2.36. The van der Waals surface area contributed by atoms with E-state index < -0.39 is 23.9 Å². The Morgan fingerprint density at radius 3 is 1.28 bits per heavy atom. The van der Waals surface area contributed by atoms with Gasteiger partial charge in [-0.2, -0.15) is 0 Å². The number of hydrogen-bond acceptors (Lipinski definition) is 10. The van der Waals surface area contributed by atoms with Crippen molar-refractivity contribution >= 4 is 45.9 Å². The molecule has 0 aliphatic carbocycles. The molecule has 2 N–H and O–H groups in total. The van der Waals surface area contributed by atoms with Crippen LogP contribution in [0.15, 0.2) is 24.3 Å². The van der Waals surface area contributed by atoms with Gasteiger partial charge in [-0.25, -0.2) is 0 Å². The number of fused-ring (bicyclic) bond motifs is 8. The minimum absolute atomic E-state index is 0.0453. The Labute approximate surface area is 291 Å². The molecule has 0 aromatic carbocycles. The fourth-order valence-electron chi connectivity index (χ4n) is 6.81. The third kappa shape index (κ3) is 7.74. The van der Waals surface area contributed by atoms with Gasteiger partial charge in [-0.1, -0.05) is 27.7 Å². The SMILES string of the molecule is COC(=O)CCc1c(CC(=O)OC)c2cc3nc(cc4nc(cc5[nH]c(cc1[nH]2)c(CCC(=O)OC)c5CC(=O)OC)C(C)(C)C4)CC3(C)C. The Kier molecular flexibility index (Phi) is 10.5. The van der Waals surface area contributed by atoms with Crippen molar-refractivity contribution in [3.05, 3.63) is 69.3 Å². The molecular weight excluding hydrogens is 640 g/mol. The highest BCUT2D eigenvalue weighted by molar-refractivity contribution is 5.86. The fraction of sp³-hybridized carbons (Fsp3) is 0.474. The number of ether oxygens (including phenoxy) is 4. The first kappa shape index (κ1) is 36.3. The van der Waals surface area contributed by atoms with E-state index in [4.69, 9.17) is 28.9 Å². The zero-order valence-electron chi connectivity index (χ0n) is 30.1. The molecule has 0 unspecified atom stereocenters. The maximum Gasteiger partial charge on any atom is 0.310 e. The molecule has 0 fully saturated rings. The molecular formula is C38H46N4O8. The van der Waals surface area contributed by atoms with Crippen LogP contribution in [0.1, 0.15) is 85.6 Å². The minimum Gasteiger partial charge on any atom is -0.469 e. The Hall–Kier alpha value is -5.00. The van der Waals surface area contributed by atoms with Crippen molar-refractivity contribution in [3.8, 4) is 0 Å². The lowest BCUT2D eigenvalue weighted by molar-refractivity contribution is -0.141. The van der Waals surface area contributed by atoms with Gasteiger partial charge >= 0.3 is 23.9 Å². The molecule has 5 heterocycles. The zero-order chi connectivity index (χ0) is 36.4. The lowest BCUT2D eigenvalue weighted by atomic mass is 9.85. The smallest absolute Gasteiger partial charge is 0.310 e. The maximum absolute atomic E-state index is 12.8. The van der Waals surface area contributed by atoms with Gasteiger partial charge in [0.2, 0.25) is 0 Å². The van der Waals surface area contributed by atoms with Gasteiger partial charge in [0, 0.05) is 81.4 Å². The molecule has 3 aromatic heterocycles. The molecule has 0 atom stereocenters. The van der Waals surface area contributed by atoms with Gasteiger partial charge in [0.1, 0.15) is 0 Å². The van der Waals surface area contributed by atoms with Crippen molar-refractivity contribution in [2.45, 2.75) is 89.9 Å². The number of aryl methyl sites for hydroxylation is 2. The number of esters is 4. The molecule has 8 bridgehead atoms. The van der Waals surface area contributed by atoms with Gasteiger partial charge in [-0.05, 0) is 59.4 Å². The topological polar surface area (TPSA) is 163 Å². The highest BCUT2D eigenvalue weighted by atomic mass is 16.5. The second kappa shape index (κ2) is 14.5. The summed E-state index contributed by atoms with van der Waals surface area (Å²) in [4.78, 5) is 67.6. The van der Waals surface area contributed by atoms with E-state index in [0.717, 1.165) is 33.9 Å². The summed E-state index contributed by atoms with van der Waals surface area (Å²) in [7, 11) is 5.35. The molecule has 50 heavy (non-hydrogen) atoms. The molecule has 0 saturated heterocycles. The first-order valence-electron chi connectivity index (χ1n) is 16.7.